The molecule has 1 heterocycles. The minimum Gasteiger partial charge on any atom is -0.394 e. The van der Waals surface area contributed by atoms with Gasteiger partial charge in [-0.15, -0.1) is 0 Å². The van der Waals surface area contributed by atoms with Crippen LogP contribution >= 0.6 is 0 Å². The molecule has 16 heavy (non-hydrogen) atoms. The van der Waals surface area contributed by atoms with Crippen molar-refractivity contribution in [3.63, 3.8) is 0 Å². The second-order valence-electron chi connectivity index (χ2n) is 3.69. The summed E-state index contributed by atoms with van der Waals surface area (Å²) in [4.78, 5) is 3.45. The largest absolute Gasteiger partial charge is 0.394 e. The van der Waals surface area contributed by atoms with E-state index in [0.717, 1.165) is 0 Å². The molecule has 1 aromatic heterocycles. The number of nitrogens with two attached hydrogens (primary N) is 1. The standard InChI is InChI=1S/C9H13F2N3O2/c1-9(3-15,4-16)14-8-6(11)2-5(10)7(12)13-8/h2,15-16H,3-4H2,1H3,(H3,12,13,14). The van der Waals surface area contributed by atoms with Crippen LogP contribution in [-0.4, -0.2) is 33.9 Å². The number of nitrogens with one attached hydrogen (secondary N) is 1. The van der Waals surface area contributed by atoms with E-state index in [0.29, 0.717) is 6.07 Å². The van der Waals surface area contributed by atoms with Gasteiger partial charge in [-0.1, -0.05) is 0 Å². The van der Waals surface area contributed by atoms with Crippen molar-refractivity contribution in [2.45, 2.75) is 12.5 Å². The van der Waals surface area contributed by atoms with Gasteiger partial charge in [-0.25, -0.2) is 13.8 Å². The highest BCUT2D eigenvalue weighted by Gasteiger charge is 2.24. The molecule has 1 aromatic rings. The third kappa shape index (κ3) is 2.56. The van der Waals surface area contributed by atoms with Gasteiger partial charge in [0.15, 0.2) is 23.3 Å². The van der Waals surface area contributed by atoms with Crippen LogP contribution in [0.2, 0.25) is 0 Å². The minimum absolute atomic E-state index is 0.315. The number of aliphatic hydroxyl groups is 2. The highest BCUT2D eigenvalue weighted by atomic mass is 19.1. The maximum atomic E-state index is 13.2. The first kappa shape index (κ1) is 12.6. The predicted molar refractivity (Wildman–Crippen MR) is 54.8 cm³/mol. The van der Waals surface area contributed by atoms with Gasteiger partial charge in [0, 0.05) is 6.07 Å². The molecule has 0 aromatic carbocycles. The lowest BCUT2D eigenvalue weighted by molar-refractivity contribution is 0.147. The molecule has 5 nitrogen and oxygen atoms in total. The van der Waals surface area contributed by atoms with Gasteiger partial charge in [0.05, 0.1) is 18.8 Å². The predicted octanol–water partition coefficient (Wildman–Crippen LogP) is 0.0972. The Morgan fingerprint density at radius 2 is 1.94 bits per heavy atom. The van der Waals surface area contributed by atoms with Crippen LogP contribution < -0.4 is 11.1 Å². The number of halogens is 2. The number of nitrogen functional groups attached to an aromatic ring is 1. The van der Waals surface area contributed by atoms with Crippen molar-refractivity contribution in [1.82, 2.24) is 4.98 Å². The molecule has 7 heteroatoms. The average Bonchev–Trinajstić information content (AvgIpc) is 2.25. The third-order valence-corrected chi connectivity index (χ3v) is 2.07. The Morgan fingerprint density at radius 3 is 2.44 bits per heavy atom. The van der Waals surface area contributed by atoms with Crippen molar-refractivity contribution in [3.8, 4) is 0 Å². The van der Waals surface area contributed by atoms with Crippen molar-refractivity contribution in [1.29, 1.82) is 0 Å². The number of hydrogen-bond donors (Lipinski definition) is 4. The molecule has 5 N–H and O–H groups in total. The lowest BCUT2D eigenvalue weighted by atomic mass is 10.1. The zero-order valence-corrected chi connectivity index (χ0v) is 8.67. The Morgan fingerprint density at radius 1 is 1.38 bits per heavy atom. The smallest absolute Gasteiger partial charge is 0.168 e. The summed E-state index contributed by atoms with van der Waals surface area (Å²) >= 11 is 0. The van der Waals surface area contributed by atoms with E-state index in [2.05, 4.69) is 10.3 Å². The van der Waals surface area contributed by atoms with E-state index in [1.54, 1.807) is 0 Å². The highest BCUT2D eigenvalue weighted by molar-refractivity contribution is 5.46. The van der Waals surface area contributed by atoms with E-state index < -0.39 is 36.2 Å². The van der Waals surface area contributed by atoms with Crippen molar-refractivity contribution in [2.24, 2.45) is 0 Å². The lowest BCUT2D eigenvalue weighted by Crippen LogP contribution is -2.43. The van der Waals surface area contributed by atoms with Gasteiger partial charge in [0.1, 0.15) is 0 Å². The van der Waals surface area contributed by atoms with E-state index in [1.807, 2.05) is 0 Å². The van der Waals surface area contributed by atoms with Gasteiger partial charge in [-0.2, -0.15) is 0 Å². The summed E-state index contributed by atoms with van der Waals surface area (Å²) in [6.07, 6.45) is 0. The fraction of sp³-hybridized carbons (Fsp3) is 0.444. The third-order valence-electron chi connectivity index (χ3n) is 2.07. The Labute approximate surface area is 90.9 Å². The Kier molecular flexibility index (Phi) is 3.61. The summed E-state index contributed by atoms with van der Waals surface area (Å²) in [5, 5.41) is 20.4. The Hall–Kier alpha value is -1.47. The SMILES string of the molecule is CC(CO)(CO)Nc1nc(N)c(F)cc1F. The first-order valence-electron chi connectivity index (χ1n) is 4.53. The second-order valence-corrected chi connectivity index (χ2v) is 3.69. The van der Waals surface area contributed by atoms with Gasteiger partial charge >= 0.3 is 0 Å². The van der Waals surface area contributed by atoms with Crippen molar-refractivity contribution >= 4 is 11.6 Å². The van der Waals surface area contributed by atoms with Crippen molar-refractivity contribution in [2.75, 3.05) is 24.3 Å². The molecule has 1 rings (SSSR count). The summed E-state index contributed by atoms with van der Waals surface area (Å²) in [7, 11) is 0. The van der Waals surface area contributed by atoms with Crippen LogP contribution in [0.15, 0.2) is 6.07 Å². The van der Waals surface area contributed by atoms with Gasteiger partial charge in [-0.05, 0) is 6.92 Å². The normalized spacial score (nSPS) is 11.6. The molecular formula is C9H13F2N3O2. The van der Waals surface area contributed by atoms with Gasteiger partial charge < -0.3 is 21.3 Å². The van der Waals surface area contributed by atoms with Gasteiger partial charge in [0.25, 0.3) is 0 Å². The second kappa shape index (κ2) is 4.58. The van der Waals surface area contributed by atoms with E-state index in [9.17, 15) is 8.78 Å². The number of anilines is 2. The van der Waals surface area contributed by atoms with E-state index in [1.165, 1.54) is 6.92 Å². The molecule has 0 unspecified atom stereocenters. The summed E-state index contributed by atoms with van der Waals surface area (Å²) in [6.45, 7) is 0.567. The number of nitrogens with zero attached hydrogens (tertiary/aromatic N) is 1. The molecule has 0 aliphatic carbocycles. The lowest BCUT2D eigenvalue weighted by Gasteiger charge is -2.27. The zero-order chi connectivity index (χ0) is 12.3. The monoisotopic (exact) mass is 233 g/mol. The zero-order valence-electron chi connectivity index (χ0n) is 8.67. The fourth-order valence-corrected chi connectivity index (χ4v) is 0.983. The first-order valence-corrected chi connectivity index (χ1v) is 4.53. The fourth-order valence-electron chi connectivity index (χ4n) is 0.983. The van der Waals surface area contributed by atoms with E-state index in [4.69, 9.17) is 15.9 Å². The summed E-state index contributed by atoms with van der Waals surface area (Å²) < 4.78 is 26.1. The Bertz CT molecular complexity index is 383. The maximum Gasteiger partial charge on any atom is 0.168 e. The summed E-state index contributed by atoms with van der Waals surface area (Å²) in [5.41, 5.74) is 4.02. The topological polar surface area (TPSA) is 91.4 Å². The van der Waals surface area contributed by atoms with Crippen LogP contribution in [0.3, 0.4) is 0 Å². The molecule has 0 saturated heterocycles. The molecule has 0 aliphatic heterocycles. The van der Waals surface area contributed by atoms with Crippen LogP contribution in [0, 0.1) is 11.6 Å². The van der Waals surface area contributed by atoms with Crippen LogP contribution in [0.1, 0.15) is 6.92 Å². The number of pyridine rings is 1. The number of rotatable bonds is 4. The van der Waals surface area contributed by atoms with E-state index in [-0.39, 0.29) is 5.82 Å². The molecule has 0 aliphatic rings. The van der Waals surface area contributed by atoms with Gasteiger partial charge in [-0.3, -0.25) is 0 Å². The Balaban J connectivity index is 3.01. The first-order chi connectivity index (χ1) is 7.41. The molecule has 0 bridgehead atoms. The van der Waals surface area contributed by atoms with Crippen LogP contribution in [-0.2, 0) is 0 Å². The van der Waals surface area contributed by atoms with Crippen LogP contribution in [0.5, 0.6) is 0 Å². The minimum atomic E-state index is -1.15. The number of hydrogen-bond acceptors (Lipinski definition) is 5. The summed E-state index contributed by atoms with van der Waals surface area (Å²) in [5.74, 6) is -2.68. The molecule has 0 saturated carbocycles. The number of aromatic nitrogens is 1. The van der Waals surface area contributed by atoms with E-state index >= 15 is 0 Å². The average molecular weight is 233 g/mol. The number of aliphatic hydroxyl groups excluding tert-OH is 2. The van der Waals surface area contributed by atoms with Crippen LogP contribution in [0.25, 0.3) is 0 Å². The quantitative estimate of drug-likeness (QED) is 0.592. The molecule has 0 spiro atoms. The molecular weight excluding hydrogens is 220 g/mol. The van der Waals surface area contributed by atoms with Crippen molar-refractivity contribution in [3.05, 3.63) is 17.7 Å². The molecule has 90 valence electrons. The highest BCUT2D eigenvalue weighted by Crippen LogP contribution is 2.20. The van der Waals surface area contributed by atoms with Crippen LogP contribution in [0.4, 0.5) is 20.4 Å². The molecule has 0 atom stereocenters. The molecule has 0 radical (unpaired) electrons. The molecule has 0 fully saturated rings. The maximum absolute atomic E-state index is 13.2. The summed E-state index contributed by atoms with van der Waals surface area (Å²) in [6, 6.07) is 0.583. The van der Waals surface area contributed by atoms with Crippen molar-refractivity contribution < 1.29 is 19.0 Å². The molecule has 0 amide bonds. The van der Waals surface area contributed by atoms with Gasteiger partial charge in [0.2, 0.25) is 0 Å².